The van der Waals surface area contributed by atoms with Crippen LogP contribution in [0, 0.1) is 0 Å². The zero-order chi connectivity index (χ0) is 16.8. The summed E-state index contributed by atoms with van der Waals surface area (Å²) in [5, 5.41) is 12.5. The Labute approximate surface area is 133 Å². The molecule has 0 radical (unpaired) electrons. The summed E-state index contributed by atoms with van der Waals surface area (Å²) < 4.78 is 10.0. The molecule has 0 aliphatic rings. The van der Waals surface area contributed by atoms with E-state index in [0.29, 0.717) is 5.75 Å². The van der Waals surface area contributed by atoms with E-state index in [1.165, 1.54) is 7.11 Å². The van der Waals surface area contributed by atoms with Crippen LogP contribution in [0.15, 0.2) is 24.4 Å². The van der Waals surface area contributed by atoms with Crippen molar-refractivity contribution in [1.29, 1.82) is 0 Å². The Morgan fingerprint density at radius 2 is 2.13 bits per heavy atom. The lowest BCUT2D eigenvalue weighted by Gasteiger charge is -2.13. The number of amides is 1. The van der Waals surface area contributed by atoms with Gasteiger partial charge in [0.05, 0.1) is 13.5 Å². The highest BCUT2D eigenvalue weighted by Gasteiger charge is 2.20. The van der Waals surface area contributed by atoms with Gasteiger partial charge in [-0.25, -0.2) is 4.79 Å². The van der Waals surface area contributed by atoms with Crippen molar-refractivity contribution in [2.75, 3.05) is 20.8 Å². The number of nitrogens with one attached hydrogen (secondary N) is 2. The zero-order valence-corrected chi connectivity index (χ0v) is 13.1. The van der Waals surface area contributed by atoms with Gasteiger partial charge < -0.3 is 24.9 Å². The molecular formula is C16H20N2O5. The third kappa shape index (κ3) is 4.23. The third-order valence-corrected chi connectivity index (χ3v) is 3.57. The van der Waals surface area contributed by atoms with Crippen molar-refractivity contribution >= 4 is 22.8 Å². The van der Waals surface area contributed by atoms with Crippen molar-refractivity contribution in [2.24, 2.45) is 0 Å². The molecule has 2 aromatic rings. The van der Waals surface area contributed by atoms with Crippen LogP contribution >= 0.6 is 0 Å². The molecular weight excluding hydrogens is 300 g/mol. The van der Waals surface area contributed by atoms with Crippen molar-refractivity contribution in [2.45, 2.75) is 18.9 Å². The molecule has 0 saturated carbocycles. The van der Waals surface area contributed by atoms with E-state index in [-0.39, 0.29) is 25.4 Å². The smallest absolute Gasteiger partial charge is 0.326 e. The number of methoxy groups -OCH3 is 2. The first kappa shape index (κ1) is 16.8. The Hall–Kier alpha value is -2.54. The van der Waals surface area contributed by atoms with Gasteiger partial charge in [-0.2, -0.15) is 0 Å². The summed E-state index contributed by atoms with van der Waals surface area (Å²) in [5.41, 5.74) is 1.68. The SMILES string of the molecule is COCCC(NC(=O)Cc1c[nH]c2ccc(OC)cc12)C(=O)O. The number of hydrogen-bond acceptors (Lipinski definition) is 4. The Balaban J connectivity index is 2.08. The minimum absolute atomic E-state index is 0.0872. The lowest BCUT2D eigenvalue weighted by Crippen LogP contribution is -2.42. The number of aromatic nitrogens is 1. The zero-order valence-electron chi connectivity index (χ0n) is 13.1. The lowest BCUT2D eigenvalue weighted by molar-refractivity contribution is -0.142. The standard InChI is InChI=1S/C16H20N2O5/c1-22-6-5-14(16(20)21)18-15(19)7-10-9-17-13-4-3-11(23-2)8-12(10)13/h3-4,8-9,14,17H,5-7H2,1-2H3,(H,18,19)(H,20,21). The van der Waals surface area contributed by atoms with Gasteiger partial charge in [0.1, 0.15) is 11.8 Å². The van der Waals surface area contributed by atoms with E-state index in [9.17, 15) is 9.59 Å². The quantitative estimate of drug-likeness (QED) is 0.681. The van der Waals surface area contributed by atoms with E-state index in [4.69, 9.17) is 14.6 Å². The fourth-order valence-electron chi connectivity index (χ4n) is 2.34. The second kappa shape index (κ2) is 7.64. The van der Waals surface area contributed by atoms with Crippen molar-refractivity contribution in [1.82, 2.24) is 10.3 Å². The molecule has 0 bridgehead atoms. The van der Waals surface area contributed by atoms with E-state index in [1.54, 1.807) is 13.3 Å². The van der Waals surface area contributed by atoms with Crippen molar-refractivity contribution < 1.29 is 24.2 Å². The van der Waals surface area contributed by atoms with Gasteiger partial charge in [-0.1, -0.05) is 0 Å². The summed E-state index contributed by atoms with van der Waals surface area (Å²) >= 11 is 0. The van der Waals surface area contributed by atoms with Crippen molar-refractivity contribution in [3.05, 3.63) is 30.0 Å². The monoisotopic (exact) mass is 320 g/mol. The van der Waals surface area contributed by atoms with Gasteiger partial charge in [0.2, 0.25) is 5.91 Å². The van der Waals surface area contributed by atoms with E-state index >= 15 is 0 Å². The number of carboxylic acids is 1. The van der Waals surface area contributed by atoms with E-state index in [1.807, 2.05) is 18.2 Å². The van der Waals surface area contributed by atoms with Crippen LogP contribution < -0.4 is 10.1 Å². The molecule has 1 amide bonds. The summed E-state index contributed by atoms with van der Waals surface area (Å²) in [6, 6.07) is 4.58. The molecule has 7 nitrogen and oxygen atoms in total. The molecule has 124 valence electrons. The van der Waals surface area contributed by atoms with E-state index < -0.39 is 12.0 Å². The molecule has 0 aliphatic carbocycles. The van der Waals surface area contributed by atoms with Crippen LogP contribution in [0.1, 0.15) is 12.0 Å². The second-order valence-corrected chi connectivity index (χ2v) is 5.14. The lowest BCUT2D eigenvalue weighted by atomic mass is 10.1. The van der Waals surface area contributed by atoms with Gasteiger partial charge in [-0.05, 0) is 23.8 Å². The fourth-order valence-corrected chi connectivity index (χ4v) is 2.34. The normalized spacial score (nSPS) is 12.1. The van der Waals surface area contributed by atoms with Crippen molar-refractivity contribution in [3.63, 3.8) is 0 Å². The maximum absolute atomic E-state index is 12.1. The van der Waals surface area contributed by atoms with E-state index in [2.05, 4.69) is 10.3 Å². The van der Waals surface area contributed by atoms with Gasteiger partial charge in [-0.15, -0.1) is 0 Å². The number of H-pyrrole nitrogens is 1. The van der Waals surface area contributed by atoms with Gasteiger partial charge in [-0.3, -0.25) is 4.79 Å². The fraction of sp³-hybridized carbons (Fsp3) is 0.375. The minimum Gasteiger partial charge on any atom is -0.497 e. The first-order valence-electron chi connectivity index (χ1n) is 7.20. The summed E-state index contributed by atoms with van der Waals surface area (Å²) in [4.78, 5) is 26.4. The van der Waals surface area contributed by atoms with Crippen LogP contribution in [0.5, 0.6) is 5.75 Å². The first-order chi connectivity index (χ1) is 11.0. The largest absolute Gasteiger partial charge is 0.497 e. The summed E-state index contributed by atoms with van der Waals surface area (Å²) in [6.45, 7) is 0.265. The van der Waals surface area contributed by atoms with Crippen LogP contribution in [0.2, 0.25) is 0 Å². The maximum Gasteiger partial charge on any atom is 0.326 e. The molecule has 1 aromatic carbocycles. The van der Waals surface area contributed by atoms with Crippen LogP contribution in [0.4, 0.5) is 0 Å². The predicted octanol–water partition coefficient (Wildman–Crippen LogP) is 1.32. The summed E-state index contributed by atoms with van der Waals surface area (Å²) in [6.07, 6.45) is 2.05. The Kier molecular flexibility index (Phi) is 5.59. The average molecular weight is 320 g/mol. The number of fused-ring (bicyclic) bond motifs is 1. The number of carbonyl (C=O) groups is 2. The molecule has 7 heteroatoms. The highest BCUT2D eigenvalue weighted by atomic mass is 16.5. The van der Waals surface area contributed by atoms with Crippen LogP contribution in [-0.4, -0.2) is 48.8 Å². The highest BCUT2D eigenvalue weighted by Crippen LogP contribution is 2.23. The Morgan fingerprint density at radius 1 is 1.35 bits per heavy atom. The molecule has 1 aromatic heterocycles. The molecule has 23 heavy (non-hydrogen) atoms. The molecule has 1 heterocycles. The third-order valence-electron chi connectivity index (χ3n) is 3.57. The predicted molar refractivity (Wildman–Crippen MR) is 84.6 cm³/mol. The van der Waals surface area contributed by atoms with Gasteiger partial charge in [0.15, 0.2) is 0 Å². The number of aliphatic carboxylic acids is 1. The number of ether oxygens (including phenoxy) is 2. The van der Waals surface area contributed by atoms with E-state index in [0.717, 1.165) is 16.5 Å². The number of carboxylic acid groups (broad SMARTS) is 1. The number of rotatable bonds is 8. The maximum atomic E-state index is 12.1. The number of benzene rings is 1. The topological polar surface area (TPSA) is 101 Å². The van der Waals surface area contributed by atoms with Gasteiger partial charge in [0.25, 0.3) is 0 Å². The molecule has 0 spiro atoms. The first-order valence-corrected chi connectivity index (χ1v) is 7.20. The Morgan fingerprint density at radius 3 is 2.78 bits per heavy atom. The van der Waals surface area contributed by atoms with Crippen LogP contribution in [-0.2, 0) is 20.7 Å². The highest BCUT2D eigenvalue weighted by molar-refractivity contribution is 5.91. The number of hydrogen-bond donors (Lipinski definition) is 3. The summed E-state index contributed by atoms with van der Waals surface area (Å²) in [5.74, 6) is -0.726. The summed E-state index contributed by atoms with van der Waals surface area (Å²) in [7, 11) is 3.06. The van der Waals surface area contributed by atoms with Crippen molar-refractivity contribution in [3.8, 4) is 5.75 Å². The van der Waals surface area contributed by atoms with Crippen LogP contribution in [0.25, 0.3) is 10.9 Å². The average Bonchev–Trinajstić information content (AvgIpc) is 2.93. The number of carbonyl (C=O) groups excluding carboxylic acids is 1. The minimum atomic E-state index is -1.07. The molecule has 0 aliphatic heterocycles. The van der Waals surface area contributed by atoms with Gasteiger partial charge in [0, 0.05) is 37.2 Å². The number of aromatic amines is 1. The van der Waals surface area contributed by atoms with Gasteiger partial charge >= 0.3 is 5.97 Å². The molecule has 1 unspecified atom stereocenters. The second-order valence-electron chi connectivity index (χ2n) is 5.14. The molecule has 0 saturated heterocycles. The molecule has 0 fully saturated rings. The van der Waals surface area contributed by atoms with Crippen LogP contribution in [0.3, 0.4) is 0 Å². The molecule has 1 atom stereocenters. The molecule has 2 rings (SSSR count). The Bertz CT molecular complexity index is 695. The molecule has 3 N–H and O–H groups in total.